The molecule has 27 heavy (non-hydrogen) atoms. The molecule has 3 heterocycles. The highest BCUT2D eigenvalue weighted by atomic mass is 16.5. The van der Waals surface area contributed by atoms with Gasteiger partial charge < -0.3 is 19.3 Å². The molecule has 2 aromatic rings. The van der Waals surface area contributed by atoms with Gasteiger partial charge >= 0.3 is 0 Å². The van der Waals surface area contributed by atoms with Crippen molar-refractivity contribution in [2.45, 2.75) is 53.0 Å². The van der Waals surface area contributed by atoms with E-state index in [-0.39, 0.29) is 5.92 Å². The van der Waals surface area contributed by atoms with Crippen LogP contribution in [0.3, 0.4) is 0 Å². The van der Waals surface area contributed by atoms with Gasteiger partial charge in [0.25, 0.3) is 0 Å². The van der Waals surface area contributed by atoms with Crippen LogP contribution >= 0.6 is 0 Å². The van der Waals surface area contributed by atoms with E-state index in [9.17, 15) is 0 Å². The molecule has 148 valence electrons. The maximum atomic E-state index is 5.32. The first-order valence-electron chi connectivity index (χ1n) is 9.94. The minimum Gasteiger partial charge on any atom is -0.361 e. The van der Waals surface area contributed by atoms with Crippen LogP contribution in [0, 0.1) is 19.8 Å². The molecule has 1 saturated heterocycles. The van der Waals surface area contributed by atoms with Crippen LogP contribution in [-0.2, 0) is 0 Å². The maximum Gasteiger partial charge on any atom is 0.194 e. The fraction of sp³-hybridized carbons (Fsp3) is 0.650. The Morgan fingerprint density at radius 3 is 2.89 bits per heavy atom. The molecule has 3 atom stereocenters. The first-order chi connectivity index (χ1) is 13.0. The van der Waals surface area contributed by atoms with E-state index < -0.39 is 0 Å². The summed E-state index contributed by atoms with van der Waals surface area (Å²) < 4.78 is 7.55. The first-order valence-corrected chi connectivity index (χ1v) is 9.94. The van der Waals surface area contributed by atoms with Gasteiger partial charge in [0.15, 0.2) is 5.96 Å². The summed E-state index contributed by atoms with van der Waals surface area (Å²) >= 11 is 0. The van der Waals surface area contributed by atoms with Gasteiger partial charge in [-0.3, -0.25) is 4.99 Å². The Morgan fingerprint density at radius 2 is 2.26 bits per heavy atom. The van der Waals surface area contributed by atoms with E-state index in [1.54, 1.807) is 0 Å². The van der Waals surface area contributed by atoms with E-state index in [1.807, 2.05) is 26.4 Å². The van der Waals surface area contributed by atoms with Crippen molar-refractivity contribution in [1.82, 2.24) is 24.9 Å². The summed E-state index contributed by atoms with van der Waals surface area (Å²) in [6.45, 7) is 14.2. The quantitative estimate of drug-likeness (QED) is 0.645. The first kappa shape index (κ1) is 19.5. The van der Waals surface area contributed by atoms with Gasteiger partial charge in [-0.15, -0.1) is 0 Å². The topological polar surface area (TPSA) is 71.5 Å². The zero-order valence-electron chi connectivity index (χ0n) is 17.1. The normalized spacial score (nSPS) is 22.1. The minimum absolute atomic E-state index is 0.276. The third-order valence-electron chi connectivity index (χ3n) is 5.56. The lowest BCUT2D eigenvalue weighted by atomic mass is 9.93. The molecular formula is C20H32N6O. The van der Waals surface area contributed by atoms with Crippen molar-refractivity contribution in [2.24, 2.45) is 10.9 Å². The molecule has 3 rings (SSSR count). The molecule has 1 fully saturated rings. The second kappa shape index (κ2) is 8.59. The smallest absolute Gasteiger partial charge is 0.194 e. The van der Waals surface area contributed by atoms with Crippen LogP contribution < -0.4 is 5.32 Å². The largest absolute Gasteiger partial charge is 0.361 e. The molecule has 1 N–H and O–H groups in total. The van der Waals surface area contributed by atoms with E-state index in [1.165, 1.54) is 5.56 Å². The molecule has 7 nitrogen and oxygen atoms in total. The van der Waals surface area contributed by atoms with E-state index in [0.29, 0.717) is 18.5 Å². The van der Waals surface area contributed by atoms with Crippen LogP contribution in [0.5, 0.6) is 0 Å². The second-order valence-electron chi connectivity index (χ2n) is 7.62. The van der Waals surface area contributed by atoms with Gasteiger partial charge in [-0.2, -0.15) is 0 Å². The summed E-state index contributed by atoms with van der Waals surface area (Å²) in [6.07, 6.45) is 6.99. The summed E-state index contributed by atoms with van der Waals surface area (Å²) in [5, 5.41) is 7.55. The number of imidazole rings is 1. The minimum atomic E-state index is 0.276. The fourth-order valence-electron chi connectivity index (χ4n) is 4.03. The van der Waals surface area contributed by atoms with Gasteiger partial charge in [0, 0.05) is 50.1 Å². The maximum absolute atomic E-state index is 5.32. The van der Waals surface area contributed by atoms with Gasteiger partial charge in [-0.25, -0.2) is 4.98 Å². The van der Waals surface area contributed by atoms with Crippen LogP contribution in [-0.4, -0.2) is 51.7 Å². The van der Waals surface area contributed by atoms with Crippen molar-refractivity contribution < 1.29 is 4.52 Å². The Morgan fingerprint density at radius 1 is 1.44 bits per heavy atom. The van der Waals surface area contributed by atoms with Gasteiger partial charge in [0.05, 0.1) is 18.1 Å². The third-order valence-corrected chi connectivity index (χ3v) is 5.56. The number of hydrogen-bond donors (Lipinski definition) is 1. The van der Waals surface area contributed by atoms with E-state index in [0.717, 1.165) is 43.5 Å². The number of hydrogen-bond acceptors (Lipinski definition) is 4. The highest BCUT2D eigenvalue weighted by molar-refractivity contribution is 5.80. The zero-order chi connectivity index (χ0) is 19.4. The predicted octanol–water partition coefficient (Wildman–Crippen LogP) is 3.14. The van der Waals surface area contributed by atoms with Crippen molar-refractivity contribution in [3.05, 3.63) is 35.7 Å². The van der Waals surface area contributed by atoms with Gasteiger partial charge in [-0.1, -0.05) is 19.0 Å². The number of aromatic nitrogens is 3. The number of likely N-dealkylation sites (tertiary alicyclic amines) is 1. The molecule has 0 amide bonds. The Kier molecular flexibility index (Phi) is 6.19. The average Bonchev–Trinajstić information content (AvgIpc) is 3.29. The Labute approximate surface area is 161 Å². The third kappa shape index (κ3) is 4.34. The zero-order valence-corrected chi connectivity index (χ0v) is 17.1. The Bertz CT molecular complexity index is 731. The molecule has 0 aliphatic carbocycles. The lowest BCUT2D eigenvalue weighted by Crippen LogP contribution is -2.49. The number of aliphatic imine (C=N–C) groups is 1. The van der Waals surface area contributed by atoms with Gasteiger partial charge in [0.1, 0.15) is 5.76 Å². The molecule has 7 heteroatoms. The van der Waals surface area contributed by atoms with E-state index in [2.05, 4.69) is 51.9 Å². The Balaban J connectivity index is 1.73. The van der Waals surface area contributed by atoms with Crippen molar-refractivity contribution in [3.8, 4) is 0 Å². The van der Waals surface area contributed by atoms with E-state index in [4.69, 9.17) is 9.52 Å². The van der Waals surface area contributed by atoms with E-state index >= 15 is 0 Å². The molecule has 0 spiro atoms. The van der Waals surface area contributed by atoms with Crippen molar-refractivity contribution >= 4 is 5.96 Å². The SMILES string of the molecule is CCNC(=NCC(C)c1c(C)noc1C)N1CCC(C)C(n2ccnc2)C1. The lowest BCUT2D eigenvalue weighted by molar-refractivity contribution is 0.189. The highest BCUT2D eigenvalue weighted by Gasteiger charge is 2.29. The molecule has 3 unspecified atom stereocenters. The highest BCUT2D eigenvalue weighted by Crippen LogP contribution is 2.28. The monoisotopic (exact) mass is 372 g/mol. The Hall–Kier alpha value is -2.31. The number of nitrogens with one attached hydrogen (secondary N) is 1. The molecule has 0 radical (unpaired) electrons. The molecule has 1 aliphatic heterocycles. The molecule has 0 saturated carbocycles. The van der Waals surface area contributed by atoms with Crippen LogP contribution in [0.2, 0.25) is 0 Å². The molecule has 1 aliphatic rings. The standard InChI is InChI=1S/C20H32N6O/c1-6-22-20(23-11-15(3)19-16(4)24-27-17(19)5)25-9-7-14(2)18(12-25)26-10-8-21-13-26/h8,10,13-15,18H,6-7,9,11-12H2,1-5H3,(H,22,23). The lowest BCUT2D eigenvalue weighted by Gasteiger charge is -2.39. The van der Waals surface area contributed by atoms with Gasteiger partial charge in [-0.05, 0) is 33.1 Å². The number of nitrogens with zero attached hydrogens (tertiary/aromatic N) is 5. The van der Waals surface area contributed by atoms with Crippen molar-refractivity contribution in [3.63, 3.8) is 0 Å². The molecule has 0 aromatic carbocycles. The summed E-state index contributed by atoms with van der Waals surface area (Å²) in [7, 11) is 0. The number of guanidine groups is 1. The number of rotatable bonds is 5. The summed E-state index contributed by atoms with van der Waals surface area (Å²) in [5.74, 6) is 2.79. The fourth-order valence-corrected chi connectivity index (χ4v) is 4.03. The summed E-state index contributed by atoms with van der Waals surface area (Å²) in [6, 6.07) is 0.421. The van der Waals surface area contributed by atoms with Crippen LogP contribution in [0.4, 0.5) is 0 Å². The van der Waals surface area contributed by atoms with Crippen LogP contribution in [0.15, 0.2) is 28.2 Å². The summed E-state index contributed by atoms with van der Waals surface area (Å²) in [5.41, 5.74) is 2.14. The predicted molar refractivity (Wildman–Crippen MR) is 107 cm³/mol. The van der Waals surface area contributed by atoms with Crippen molar-refractivity contribution in [1.29, 1.82) is 0 Å². The van der Waals surface area contributed by atoms with Crippen LogP contribution in [0.25, 0.3) is 0 Å². The number of aryl methyl sites for hydroxylation is 2. The average molecular weight is 373 g/mol. The molecular weight excluding hydrogens is 340 g/mol. The van der Waals surface area contributed by atoms with Crippen molar-refractivity contribution in [2.75, 3.05) is 26.2 Å². The second-order valence-corrected chi connectivity index (χ2v) is 7.62. The van der Waals surface area contributed by atoms with Crippen LogP contribution in [0.1, 0.15) is 56.2 Å². The summed E-state index contributed by atoms with van der Waals surface area (Å²) in [4.78, 5) is 11.6. The molecule has 2 aromatic heterocycles. The molecule has 0 bridgehead atoms. The van der Waals surface area contributed by atoms with Gasteiger partial charge in [0.2, 0.25) is 0 Å². The number of piperidine rings is 1.